The largest absolute Gasteiger partial charge is 0.450 e. The van der Waals surface area contributed by atoms with Crippen LogP contribution < -0.4 is 5.32 Å². The molecular formula is C6H12NO2. The molecule has 0 aliphatic rings. The number of ether oxygens (including phenoxy) is 1. The predicted octanol–water partition coefficient (Wildman–Crippen LogP) is 1.30. The van der Waals surface area contributed by atoms with Crippen molar-refractivity contribution >= 4 is 6.09 Å². The van der Waals surface area contributed by atoms with Crippen LogP contribution in [0.4, 0.5) is 4.79 Å². The van der Waals surface area contributed by atoms with Gasteiger partial charge in [0.2, 0.25) is 0 Å². The van der Waals surface area contributed by atoms with Gasteiger partial charge in [0.05, 0.1) is 13.2 Å². The Morgan fingerprint density at radius 2 is 2.33 bits per heavy atom. The van der Waals surface area contributed by atoms with E-state index >= 15 is 0 Å². The normalized spacial score (nSPS) is 8.67. The topological polar surface area (TPSA) is 38.3 Å². The third-order valence-electron chi connectivity index (χ3n) is 0.699. The molecule has 0 fully saturated rings. The third-order valence-corrected chi connectivity index (χ3v) is 0.699. The summed E-state index contributed by atoms with van der Waals surface area (Å²) in [5, 5.41) is 2.45. The minimum Gasteiger partial charge on any atom is -0.450 e. The smallest absolute Gasteiger partial charge is 0.407 e. The molecule has 0 aliphatic carbocycles. The Morgan fingerprint density at radius 1 is 1.67 bits per heavy atom. The molecule has 1 amide bonds. The van der Waals surface area contributed by atoms with Gasteiger partial charge in [-0.1, -0.05) is 6.92 Å². The Hall–Kier alpha value is -0.730. The van der Waals surface area contributed by atoms with Gasteiger partial charge in [0.15, 0.2) is 0 Å². The lowest BCUT2D eigenvalue weighted by Gasteiger charge is -2.00. The van der Waals surface area contributed by atoms with Crippen molar-refractivity contribution in [3.63, 3.8) is 0 Å². The van der Waals surface area contributed by atoms with Gasteiger partial charge in [-0.2, -0.15) is 0 Å². The highest BCUT2D eigenvalue weighted by atomic mass is 16.5. The highest BCUT2D eigenvalue weighted by Gasteiger charge is 1.95. The zero-order chi connectivity index (χ0) is 7.11. The number of rotatable bonds is 3. The summed E-state index contributed by atoms with van der Waals surface area (Å²) in [6.07, 6.45) is 0.443. The van der Waals surface area contributed by atoms with Gasteiger partial charge in [-0.3, -0.25) is 0 Å². The zero-order valence-corrected chi connectivity index (χ0v) is 5.81. The van der Waals surface area contributed by atoms with Crippen LogP contribution in [0.5, 0.6) is 0 Å². The first kappa shape index (κ1) is 8.27. The van der Waals surface area contributed by atoms with Crippen molar-refractivity contribution in [2.24, 2.45) is 0 Å². The van der Waals surface area contributed by atoms with Crippen molar-refractivity contribution < 1.29 is 9.53 Å². The number of alkyl carbamates (subject to hydrolysis) is 1. The van der Waals surface area contributed by atoms with Crippen LogP contribution in [0.1, 0.15) is 20.3 Å². The van der Waals surface area contributed by atoms with Gasteiger partial charge < -0.3 is 10.1 Å². The molecule has 0 spiro atoms. The fourth-order valence-corrected chi connectivity index (χ4v) is 0.358. The lowest BCUT2D eigenvalue weighted by molar-refractivity contribution is 0.154. The Kier molecular flexibility index (Phi) is 4.97. The zero-order valence-electron chi connectivity index (χ0n) is 5.81. The molecule has 0 aromatic heterocycles. The quantitative estimate of drug-likeness (QED) is 0.625. The van der Waals surface area contributed by atoms with E-state index in [1.54, 1.807) is 13.5 Å². The highest BCUT2D eigenvalue weighted by molar-refractivity contribution is 5.67. The van der Waals surface area contributed by atoms with E-state index < -0.39 is 0 Å². The molecule has 1 radical (unpaired) electrons. The summed E-state index contributed by atoms with van der Waals surface area (Å²) in [7, 11) is 0. The highest BCUT2D eigenvalue weighted by Crippen LogP contribution is 1.80. The van der Waals surface area contributed by atoms with Crippen LogP contribution in [0.15, 0.2) is 0 Å². The van der Waals surface area contributed by atoms with E-state index in [1.165, 1.54) is 0 Å². The number of carbonyl (C=O) groups is 1. The van der Waals surface area contributed by atoms with Crippen molar-refractivity contribution in [3.05, 3.63) is 6.54 Å². The molecule has 0 unspecified atom stereocenters. The van der Waals surface area contributed by atoms with Crippen LogP contribution >= 0.6 is 0 Å². The maximum absolute atomic E-state index is 10.4. The second-order valence-electron chi connectivity index (χ2n) is 1.48. The van der Waals surface area contributed by atoms with Crippen molar-refractivity contribution in [3.8, 4) is 0 Å². The van der Waals surface area contributed by atoms with Gasteiger partial charge >= 0.3 is 6.09 Å². The molecule has 9 heavy (non-hydrogen) atoms. The molecule has 0 rings (SSSR count). The molecule has 3 nitrogen and oxygen atoms in total. The van der Waals surface area contributed by atoms with E-state index in [0.29, 0.717) is 6.61 Å². The van der Waals surface area contributed by atoms with E-state index in [9.17, 15) is 4.79 Å². The van der Waals surface area contributed by atoms with Gasteiger partial charge in [-0.05, 0) is 13.3 Å². The Labute approximate surface area is 55.4 Å². The standard InChI is InChI=1S/C6H12NO2/c1-3-5-7-6(8)9-4-2/h5H,3-4H2,1-2H3,(H,7,8). The molecule has 0 heterocycles. The maximum atomic E-state index is 10.4. The van der Waals surface area contributed by atoms with E-state index in [0.717, 1.165) is 6.42 Å². The second-order valence-corrected chi connectivity index (χ2v) is 1.48. The summed E-state index contributed by atoms with van der Waals surface area (Å²) in [6, 6.07) is 0. The first-order valence-electron chi connectivity index (χ1n) is 3.06. The number of amides is 1. The molecule has 1 N–H and O–H groups in total. The molecule has 0 aromatic carbocycles. The number of carbonyl (C=O) groups excluding carboxylic acids is 1. The average molecular weight is 130 g/mol. The van der Waals surface area contributed by atoms with Crippen LogP contribution in [-0.4, -0.2) is 12.7 Å². The molecule has 0 bridgehead atoms. The summed E-state index contributed by atoms with van der Waals surface area (Å²) < 4.78 is 4.56. The van der Waals surface area contributed by atoms with Gasteiger partial charge in [0.1, 0.15) is 0 Å². The number of nitrogens with one attached hydrogen (secondary N) is 1. The number of hydrogen-bond acceptors (Lipinski definition) is 2. The van der Waals surface area contributed by atoms with Crippen molar-refractivity contribution in [1.82, 2.24) is 5.32 Å². The number of hydrogen-bond donors (Lipinski definition) is 1. The molecule has 3 heteroatoms. The Morgan fingerprint density at radius 3 is 2.78 bits per heavy atom. The summed E-state index contributed by atoms with van der Waals surface area (Å²) in [5.41, 5.74) is 0. The average Bonchev–Trinajstić information content (AvgIpc) is 1.85. The molecule has 53 valence electrons. The van der Waals surface area contributed by atoms with E-state index in [-0.39, 0.29) is 6.09 Å². The van der Waals surface area contributed by atoms with Crippen LogP contribution in [-0.2, 0) is 4.74 Å². The Balaban J connectivity index is 3.06. The minimum atomic E-state index is -0.376. The fourth-order valence-electron chi connectivity index (χ4n) is 0.358. The maximum Gasteiger partial charge on any atom is 0.407 e. The molecule has 0 aromatic rings. The first-order chi connectivity index (χ1) is 4.31. The van der Waals surface area contributed by atoms with Crippen molar-refractivity contribution in [2.45, 2.75) is 20.3 Å². The van der Waals surface area contributed by atoms with Gasteiger partial charge in [0, 0.05) is 0 Å². The lowest BCUT2D eigenvalue weighted by Crippen LogP contribution is -2.20. The van der Waals surface area contributed by atoms with Crippen LogP contribution in [0, 0.1) is 6.54 Å². The van der Waals surface area contributed by atoms with Gasteiger partial charge in [0.25, 0.3) is 0 Å². The van der Waals surface area contributed by atoms with Gasteiger partial charge in [-0.15, -0.1) is 0 Å². The summed E-state index contributed by atoms with van der Waals surface area (Å²) in [4.78, 5) is 10.4. The predicted molar refractivity (Wildman–Crippen MR) is 34.7 cm³/mol. The third kappa shape index (κ3) is 5.14. The SMILES string of the molecule is CC[CH]NC(=O)OCC. The first-order valence-corrected chi connectivity index (χ1v) is 3.06. The molecule has 0 saturated heterocycles. The molecular weight excluding hydrogens is 118 g/mol. The second kappa shape index (κ2) is 5.41. The van der Waals surface area contributed by atoms with Crippen LogP contribution in [0.25, 0.3) is 0 Å². The van der Waals surface area contributed by atoms with E-state index in [1.807, 2.05) is 6.92 Å². The van der Waals surface area contributed by atoms with Crippen molar-refractivity contribution in [2.75, 3.05) is 6.61 Å². The monoisotopic (exact) mass is 130 g/mol. The van der Waals surface area contributed by atoms with Crippen LogP contribution in [0.3, 0.4) is 0 Å². The Bertz CT molecular complexity index is 83.1. The summed E-state index contributed by atoms with van der Waals surface area (Å²) in [6.45, 7) is 5.78. The summed E-state index contributed by atoms with van der Waals surface area (Å²) in [5.74, 6) is 0. The van der Waals surface area contributed by atoms with Gasteiger partial charge in [-0.25, -0.2) is 4.79 Å². The summed E-state index contributed by atoms with van der Waals surface area (Å²) >= 11 is 0. The molecule has 0 aliphatic heterocycles. The lowest BCUT2D eigenvalue weighted by atomic mass is 10.5. The van der Waals surface area contributed by atoms with Crippen LogP contribution in [0.2, 0.25) is 0 Å². The minimum absolute atomic E-state index is 0.376. The molecule has 0 atom stereocenters. The van der Waals surface area contributed by atoms with E-state index in [4.69, 9.17) is 0 Å². The van der Waals surface area contributed by atoms with Crippen molar-refractivity contribution in [1.29, 1.82) is 0 Å². The van der Waals surface area contributed by atoms with E-state index in [2.05, 4.69) is 10.1 Å². The molecule has 0 saturated carbocycles. The fraction of sp³-hybridized carbons (Fsp3) is 0.667.